The van der Waals surface area contributed by atoms with Gasteiger partial charge in [-0.05, 0) is 12.5 Å². The predicted octanol–water partition coefficient (Wildman–Crippen LogP) is 1.42. The normalized spacial score (nSPS) is 11.6. The molecule has 14 heavy (non-hydrogen) atoms. The van der Waals surface area contributed by atoms with Crippen molar-refractivity contribution < 1.29 is 8.42 Å². The molecule has 0 saturated heterocycles. The lowest BCUT2D eigenvalue weighted by atomic mass is 10.5. The lowest BCUT2D eigenvalue weighted by molar-refractivity contribution is 0.580. The quantitative estimate of drug-likeness (QED) is 0.857. The molecule has 1 aromatic heterocycles. The smallest absolute Gasteiger partial charge is 0.242 e. The van der Waals surface area contributed by atoms with Gasteiger partial charge in [-0.1, -0.05) is 18.5 Å². The Bertz CT molecular complexity index is 406. The first-order chi connectivity index (χ1) is 6.56. The molecule has 0 aromatic carbocycles. The van der Waals surface area contributed by atoms with Crippen molar-refractivity contribution in [2.24, 2.45) is 0 Å². The molecule has 0 unspecified atom stereocenters. The van der Waals surface area contributed by atoms with Gasteiger partial charge in [-0.3, -0.25) is 4.98 Å². The fraction of sp³-hybridized carbons (Fsp3) is 0.375. The van der Waals surface area contributed by atoms with Crippen LogP contribution >= 0.6 is 11.6 Å². The van der Waals surface area contributed by atoms with E-state index in [0.717, 1.165) is 6.42 Å². The summed E-state index contributed by atoms with van der Waals surface area (Å²) in [7, 11) is -3.44. The largest absolute Gasteiger partial charge is 0.262 e. The molecule has 0 radical (unpaired) electrons. The highest BCUT2D eigenvalue weighted by molar-refractivity contribution is 7.89. The second-order valence-electron chi connectivity index (χ2n) is 2.74. The van der Waals surface area contributed by atoms with Gasteiger partial charge in [0.05, 0.1) is 5.02 Å². The number of sulfonamides is 1. The maximum atomic E-state index is 11.5. The van der Waals surface area contributed by atoms with Crippen LogP contribution in [0.25, 0.3) is 0 Å². The van der Waals surface area contributed by atoms with E-state index in [1.165, 1.54) is 18.5 Å². The average molecular weight is 235 g/mol. The van der Waals surface area contributed by atoms with E-state index in [9.17, 15) is 8.42 Å². The number of rotatable bonds is 4. The maximum Gasteiger partial charge on any atom is 0.242 e. The van der Waals surface area contributed by atoms with Crippen LogP contribution in [-0.4, -0.2) is 19.9 Å². The number of aromatic nitrogens is 1. The third kappa shape index (κ3) is 2.94. The number of pyridine rings is 1. The molecule has 0 amide bonds. The van der Waals surface area contributed by atoms with Gasteiger partial charge in [0.2, 0.25) is 10.0 Å². The van der Waals surface area contributed by atoms with Crippen LogP contribution in [-0.2, 0) is 10.0 Å². The zero-order valence-corrected chi connectivity index (χ0v) is 9.27. The Labute approximate surface area is 88.4 Å². The molecule has 78 valence electrons. The van der Waals surface area contributed by atoms with E-state index in [0.29, 0.717) is 11.6 Å². The van der Waals surface area contributed by atoms with Gasteiger partial charge in [0.25, 0.3) is 0 Å². The summed E-state index contributed by atoms with van der Waals surface area (Å²) in [6.45, 7) is 2.30. The second kappa shape index (κ2) is 4.72. The highest BCUT2D eigenvalue weighted by Crippen LogP contribution is 2.12. The van der Waals surface area contributed by atoms with E-state index < -0.39 is 10.0 Å². The zero-order valence-electron chi connectivity index (χ0n) is 7.70. The molecule has 4 nitrogen and oxygen atoms in total. The number of hydrogen-bond donors (Lipinski definition) is 1. The van der Waals surface area contributed by atoms with Crippen LogP contribution in [0.2, 0.25) is 5.02 Å². The van der Waals surface area contributed by atoms with Gasteiger partial charge in [-0.15, -0.1) is 0 Å². The first kappa shape index (κ1) is 11.4. The Balaban J connectivity index is 2.93. The van der Waals surface area contributed by atoms with Crippen molar-refractivity contribution in [1.82, 2.24) is 9.71 Å². The van der Waals surface area contributed by atoms with Crippen molar-refractivity contribution in [2.45, 2.75) is 18.2 Å². The van der Waals surface area contributed by atoms with E-state index in [-0.39, 0.29) is 4.90 Å². The standard InChI is InChI=1S/C8H11ClN2O2S/c1-2-3-11-14(12,13)8-4-7(9)5-10-6-8/h4-6,11H,2-3H2,1H3. The molecular formula is C8H11ClN2O2S. The minimum atomic E-state index is -3.44. The molecule has 6 heteroatoms. The lowest BCUT2D eigenvalue weighted by Crippen LogP contribution is -2.24. The van der Waals surface area contributed by atoms with Crippen LogP contribution in [0.1, 0.15) is 13.3 Å². The molecular weight excluding hydrogens is 224 g/mol. The van der Waals surface area contributed by atoms with Gasteiger partial charge < -0.3 is 0 Å². The minimum absolute atomic E-state index is 0.0958. The van der Waals surface area contributed by atoms with Gasteiger partial charge >= 0.3 is 0 Å². The molecule has 0 spiro atoms. The van der Waals surface area contributed by atoms with Gasteiger partial charge in [0.15, 0.2) is 0 Å². The molecule has 1 aromatic rings. The molecule has 1 N–H and O–H groups in total. The third-order valence-corrected chi connectivity index (χ3v) is 3.17. The highest BCUT2D eigenvalue weighted by atomic mass is 35.5. The summed E-state index contributed by atoms with van der Waals surface area (Å²) in [5.41, 5.74) is 0. The summed E-state index contributed by atoms with van der Waals surface area (Å²) in [4.78, 5) is 3.80. The van der Waals surface area contributed by atoms with Crippen molar-refractivity contribution >= 4 is 21.6 Å². The van der Waals surface area contributed by atoms with Crippen molar-refractivity contribution in [3.05, 3.63) is 23.5 Å². The van der Waals surface area contributed by atoms with E-state index in [2.05, 4.69) is 9.71 Å². The van der Waals surface area contributed by atoms with Crippen LogP contribution in [0.15, 0.2) is 23.4 Å². The van der Waals surface area contributed by atoms with E-state index in [4.69, 9.17) is 11.6 Å². The molecule has 0 atom stereocenters. The highest BCUT2D eigenvalue weighted by Gasteiger charge is 2.13. The summed E-state index contributed by atoms with van der Waals surface area (Å²) in [5, 5.41) is 0.310. The van der Waals surface area contributed by atoms with Gasteiger partial charge in [-0.2, -0.15) is 0 Å². The van der Waals surface area contributed by atoms with Gasteiger partial charge in [0.1, 0.15) is 4.90 Å². The van der Waals surface area contributed by atoms with E-state index in [1.807, 2.05) is 6.92 Å². The molecule has 0 saturated carbocycles. The molecule has 0 bridgehead atoms. The predicted molar refractivity (Wildman–Crippen MR) is 54.7 cm³/mol. The Morgan fingerprint density at radius 2 is 2.21 bits per heavy atom. The summed E-state index contributed by atoms with van der Waals surface area (Å²) < 4.78 is 25.5. The summed E-state index contributed by atoms with van der Waals surface area (Å²) >= 11 is 5.63. The third-order valence-electron chi connectivity index (χ3n) is 1.53. The summed E-state index contributed by atoms with van der Waals surface area (Å²) in [5.74, 6) is 0. The minimum Gasteiger partial charge on any atom is -0.262 e. The number of hydrogen-bond acceptors (Lipinski definition) is 3. The number of nitrogens with zero attached hydrogens (tertiary/aromatic N) is 1. The summed E-state index contributed by atoms with van der Waals surface area (Å²) in [6, 6.07) is 1.37. The first-order valence-corrected chi connectivity index (χ1v) is 6.02. The molecule has 0 fully saturated rings. The average Bonchev–Trinajstić information content (AvgIpc) is 2.15. The molecule has 1 rings (SSSR count). The van der Waals surface area contributed by atoms with Crippen molar-refractivity contribution in [1.29, 1.82) is 0 Å². The van der Waals surface area contributed by atoms with E-state index in [1.54, 1.807) is 0 Å². The van der Waals surface area contributed by atoms with E-state index >= 15 is 0 Å². The zero-order chi connectivity index (χ0) is 10.6. The molecule has 0 aliphatic carbocycles. The van der Waals surface area contributed by atoms with Crippen molar-refractivity contribution in [2.75, 3.05) is 6.54 Å². The Kier molecular flexibility index (Phi) is 3.86. The Morgan fingerprint density at radius 1 is 1.50 bits per heavy atom. The summed E-state index contributed by atoms with van der Waals surface area (Å²) in [6.07, 6.45) is 3.40. The monoisotopic (exact) mass is 234 g/mol. The van der Waals surface area contributed by atoms with Crippen LogP contribution in [0.3, 0.4) is 0 Å². The number of nitrogens with one attached hydrogen (secondary N) is 1. The Morgan fingerprint density at radius 3 is 2.79 bits per heavy atom. The van der Waals surface area contributed by atoms with Crippen molar-refractivity contribution in [3.63, 3.8) is 0 Å². The van der Waals surface area contributed by atoms with Crippen LogP contribution < -0.4 is 4.72 Å². The van der Waals surface area contributed by atoms with Gasteiger partial charge in [0, 0.05) is 18.9 Å². The molecule has 1 heterocycles. The maximum absolute atomic E-state index is 11.5. The lowest BCUT2D eigenvalue weighted by Gasteiger charge is -2.04. The number of halogens is 1. The molecule has 0 aliphatic rings. The second-order valence-corrected chi connectivity index (χ2v) is 4.94. The fourth-order valence-corrected chi connectivity index (χ4v) is 2.22. The SMILES string of the molecule is CCCNS(=O)(=O)c1cncc(Cl)c1. The van der Waals surface area contributed by atoms with Crippen LogP contribution in [0.5, 0.6) is 0 Å². The Hall–Kier alpha value is -0.650. The van der Waals surface area contributed by atoms with Crippen LogP contribution in [0.4, 0.5) is 0 Å². The van der Waals surface area contributed by atoms with Gasteiger partial charge in [-0.25, -0.2) is 13.1 Å². The first-order valence-electron chi connectivity index (χ1n) is 4.16. The van der Waals surface area contributed by atoms with Crippen molar-refractivity contribution in [3.8, 4) is 0 Å². The topological polar surface area (TPSA) is 59.1 Å². The fourth-order valence-electron chi connectivity index (χ4n) is 0.859. The molecule has 0 aliphatic heterocycles. The van der Waals surface area contributed by atoms with Crippen LogP contribution in [0, 0.1) is 0 Å².